The third-order valence-electron chi connectivity index (χ3n) is 4.98. The SMILES string of the molecule is C[C@@]1(C2CCCCC2)NC(=O)N(Cc2ccc(Br)cc2)C1=O. The summed E-state index contributed by atoms with van der Waals surface area (Å²) in [4.78, 5) is 26.5. The molecule has 0 spiro atoms. The van der Waals surface area contributed by atoms with E-state index in [1.807, 2.05) is 31.2 Å². The molecule has 4 nitrogen and oxygen atoms in total. The average molecular weight is 365 g/mol. The second-order valence-electron chi connectivity index (χ2n) is 6.49. The van der Waals surface area contributed by atoms with E-state index in [0.717, 1.165) is 35.7 Å². The van der Waals surface area contributed by atoms with Gasteiger partial charge in [-0.1, -0.05) is 47.3 Å². The van der Waals surface area contributed by atoms with E-state index >= 15 is 0 Å². The highest BCUT2D eigenvalue weighted by Gasteiger charge is 2.52. The van der Waals surface area contributed by atoms with Crippen LogP contribution in [0.1, 0.15) is 44.6 Å². The van der Waals surface area contributed by atoms with Gasteiger partial charge < -0.3 is 5.32 Å². The standard InChI is InChI=1S/C17H21BrN2O2/c1-17(13-5-3-2-4-6-13)15(21)20(16(22)19-17)11-12-7-9-14(18)10-8-12/h7-10,13H,2-6,11H2,1H3,(H,19,22)/t17-/m0/s1. The molecular weight excluding hydrogens is 344 g/mol. The second-order valence-corrected chi connectivity index (χ2v) is 7.40. The smallest absolute Gasteiger partial charge is 0.323 e. The Morgan fingerprint density at radius 3 is 2.45 bits per heavy atom. The average Bonchev–Trinajstić information content (AvgIpc) is 2.75. The van der Waals surface area contributed by atoms with E-state index in [9.17, 15) is 9.59 Å². The van der Waals surface area contributed by atoms with Gasteiger partial charge in [-0.3, -0.25) is 9.69 Å². The third kappa shape index (κ3) is 2.78. The lowest BCUT2D eigenvalue weighted by Gasteiger charge is -2.34. The van der Waals surface area contributed by atoms with Crippen molar-refractivity contribution in [3.8, 4) is 0 Å². The summed E-state index contributed by atoms with van der Waals surface area (Å²) < 4.78 is 0.987. The van der Waals surface area contributed by atoms with E-state index in [0.29, 0.717) is 6.54 Å². The molecule has 118 valence electrons. The highest BCUT2D eigenvalue weighted by molar-refractivity contribution is 9.10. The normalized spacial score (nSPS) is 26.4. The number of urea groups is 1. The largest absolute Gasteiger partial charge is 0.325 e. The number of benzene rings is 1. The minimum Gasteiger partial charge on any atom is -0.323 e. The fourth-order valence-electron chi connectivity index (χ4n) is 3.59. The first-order valence-electron chi connectivity index (χ1n) is 7.89. The summed E-state index contributed by atoms with van der Waals surface area (Å²) in [5.41, 5.74) is 0.229. The van der Waals surface area contributed by atoms with Crippen LogP contribution in [-0.4, -0.2) is 22.4 Å². The molecule has 1 atom stereocenters. The van der Waals surface area contributed by atoms with Gasteiger partial charge >= 0.3 is 6.03 Å². The van der Waals surface area contributed by atoms with Crippen LogP contribution in [0.15, 0.2) is 28.7 Å². The van der Waals surface area contributed by atoms with Crippen molar-refractivity contribution >= 4 is 27.9 Å². The maximum absolute atomic E-state index is 12.8. The number of carbonyl (C=O) groups excluding carboxylic acids is 2. The van der Waals surface area contributed by atoms with Gasteiger partial charge in [0, 0.05) is 4.47 Å². The summed E-state index contributed by atoms with van der Waals surface area (Å²) in [6, 6.07) is 7.45. The Hall–Kier alpha value is -1.36. The first kappa shape index (κ1) is 15.5. The van der Waals surface area contributed by atoms with E-state index in [1.54, 1.807) is 0 Å². The van der Waals surface area contributed by atoms with Crippen LogP contribution in [-0.2, 0) is 11.3 Å². The van der Waals surface area contributed by atoms with Crippen molar-refractivity contribution in [2.45, 2.75) is 51.1 Å². The maximum Gasteiger partial charge on any atom is 0.325 e. The van der Waals surface area contributed by atoms with Gasteiger partial charge in [-0.15, -0.1) is 0 Å². The van der Waals surface area contributed by atoms with Crippen LogP contribution in [0.25, 0.3) is 0 Å². The second kappa shape index (κ2) is 6.03. The van der Waals surface area contributed by atoms with Gasteiger partial charge in [0.15, 0.2) is 0 Å². The van der Waals surface area contributed by atoms with E-state index in [1.165, 1.54) is 11.3 Å². The lowest BCUT2D eigenvalue weighted by atomic mass is 9.75. The Balaban J connectivity index is 1.77. The fraction of sp³-hybridized carbons (Fsp3) is 0.529. The molecule has 1 N–H and O–H groups in total. The molecule has 1 aromatic carbocycles. The summed E-state index contributed by atoms with van der Waals surface area (Å²) in [6.45, 7) is 2.23. The first-order valence-corrected chi connectivity index (χ1v) is 8.68. The zero-order valence-electron chi connectivity index (χ0n) is 12.8. The summed E-state index contributed by atoms with van der Waals surface area (Å²) >= 11 is 3.39. The molecule has 3 rings (SSSR count). The molecule has 0 radical (unpaired) electrons. The van der Waals surface area contributed by atoms with Crippen LogP contribution in [0.5, 0.6) is 0 Å². The van der Waals surface area contributed by atoms with E-state index in [-0.39, 0.29) is 17.9 Å². The van der Waals surface area contributed by atoms with Gasteiger partial charge in [0.2, 0.25) is 0 Å². The predicted molar refractivity (Wildman–Crippen MR) is 88.2 cm³/mol. The number of amides is 3. The van der Waals surface area contributed by atoms with Crippen LogP contribution in [0.4, 0.5) is 4.79 Å². The predicted octanol–water partition coefficient (Wildman–Crippen LogP) is 3.84. The molecule has 1 aromatic rings. The molecule has 3 amide bonds. The zero-order valence-corrected chi connectivity index (χ0v) is 14.4. The van der Waals surface area contributed by atoms with Crippen molar-refractivity contribution in [3.05, 3.63) is 34.3 Å². The molecule has 0 unspecified atom stereocenters. The summed E-state index contributed by atoms with van der Waals surface area (Å²) in [5, 5.41) is 2.96. The molecule has 22 heavy (non-hydrogen) atoms. The molecule has 0 aromatic heterocycles. The molecule has 2 fully saturated rings. The molecule has 1 aliphatic carbocycles. The number of rotatable bonds is 3. The molecule has 1 saturated carbocycles. The zero-order chi connectivity index (χ0) is 15.7. The number of nitrogens with zero attached hydrogens (tertiary/aromatic N) is 1. The Morgan fingerprint density at radius 1 is 1.18 bits per heavy atom. The minimum absolute atomic E-state index is 0.0766. The van der Waals surface area contributed by atoms with Gasteiger partial charge in [0.05, 0.1) is 6.54 Å². The van der Waals surface area contributed by atoms with Gasteiger partial charge in [-0.25, -0.2) is 4.79 Å². The van der Waals surface area contributed by atoms with Crippen molar-refractivity contribution < 1.29 is 9.59 Å². The molecule has 5 heteroatoms. The summed E-state index contributed by atoms with van der Waals surface area (Å²) in [7, 11) is 0. The Bertz CT molecular complexity index is 581. The van der Waals surface area contributed by atoms with Crippen molar-refractivity contribution in [1.82, 2.24) is 10.2 Å². The number of nitrogens with one attached hydrogen (secondary N) is 1. The van der Waals surface area contributed by atoms with Crippen LogP contribution in [0, 0.1) is 5.92 Å². The lowest BCUT2D eigenvalue weighted by molar-refractivity contribution is -0.133. The van der Waals surface area contributed by atoms with Gasteiger partial charge in [0.1, 0.15) is 5.54 Å². The van der Waals surface area contributed by atoms with Crippen LogP contribution >= 0.6 is 15.9 Å². The van der Waals surface area contributed by atoms with Gasteiger partial charge in [-0.2, -0.15) is 0 Å². The van der Waals surface area contributed by atoms with Crippen LogP contribution in [0.2, 0.25) is 0 Å². The maximum atomic E-state index is 12.8. The molecular formula is C17H21BrN2O2. The lowest BCUT2D eigenvalue weighted by Crippen LogP contribution is -2.51. The van der Waals surface area contributed by atoms with Crippen LogP contribution < -0.4 is 5.32 Å². The van der Waals surface area contributed by atoms with Gasteiger partial charge in [0.25, 0.3) is 5.91 Å². The monoisotopic (exact) mass is 364 g/mol. The number of halogens is 1. The molecule has 0 bridgehead atoms. The minimum atomic E-state index is -0.729. The topological polar surface area (TPSA) is 49.4 Å². The number of carbonyl (C=O) groups is 2. The summed E-state index contributed by atoms with van der Waals surface area (Å²) in [6.07, 6.45) is 5.58. The van der Waals surface area contributed by atoms with Crippen molar-refractivity contribution in [2.24, 2.45) is 5.92 Å². The number of hydrogen-bond donors (Lipinski definition) is 1. The number of hydrogen-bond acceptors (Lipinski definition) is 2. The molecule has 1 heterocycles. The Kier molecular flexibility index (Phi) is 4.26. The van der Waals surface area contributed by atoms with Crippen molar-refractivity contribution in [2.75, 3.05) is 0 Å². The first-order chi connectivity index (χ1) is 10.5. The van der Waals surface area contributed by atoms with E-state index in [2.05, 4.69) is 21.2 Å². The van der Waals surface area contributed by atoms with Gasteiger partial charge in [-0.05, 0) is 43.4 Å². The van der Waals surface area contributed by atoms with Crippen molar-refractivity contribution in [3.63, 3.8) is 0 Å². The fourth-order valence-corrected chi connectivity index (χ4v) is 3.85. The Morgan fingerprint density at radius 2 is 1.82 bits per heavy atom. The number of imide groups is 1. The summed E-state index contributed by atoms with van der Waals surface area (Å²) in [5.74, 6) is 0.180. The van der Waals surface area contributed by atoms with E-state index < -0.39 is 5.54 Å². The Labute approximate surface area is 139 Å². The molecule has 1 saturated heterocycles. The highest BCUT2D eigenvalue weighted by atomic mass is 79.9. The molecule has 1 aliphatic heterocycles. The molecule has 2 aliphatic rings. The van der Waals surface area contributed by atoms with E-state index in [4.69, 9.17) is 0 Å². The third-order valence-corrected chi connectivity index (χ3v) is 5.51. The van der Waals surface area contributed by atoms with Crippen molar-refractivity contribution in [1.29, 1.82) is 0 Å². The quantitative estimate of drug-likeness (QED) is 0.828. The van der Waals surface area contributed by atoms with Crippen LogP contribution in [0.3, 0.4) is 0 Å². The highest BCUT2D eigenvalue weighted by Crippen LogP contribution is 2.36.